The van der Waals surface area contributed by atoms with Crippen LogP contribution in [0.3, 0.4) is 0 Å². The van der Waals surface area contributed by atoms with E-state index >= 15 is 0 Å². The maximum atomic E-state index is 9.47. The van der Waals surface area contributed by atoms with E-state index in [1.165, 1.54) is 6.08 Å². The molecule has 0 bridgehead atoms. The summed E-state index contributed by atoms with van der Waals surface area (Å²) >= 11 is 15.9. The molecule has 0 saturated carbocycles. The molecule has 52 valence electrons. The normalized spacial score (nSPS) is 10.6. The minimum absolute atomic E-state index is 0.208. The van der Waals surface area contributed by atoms with Crippen LogP contribution in [0.5, 0.6) is 0 Å². The predicted molar refractivity (Wildman–Crippen MR) is 37.9 cm³/mol. The van der Waals surface area contributed by atoms with Gasteiger partial charge in [-0.3, -0.25) is 0 Å². The third kappa shape index (κ3) is 8.25. The first kappa shape index (κ1) is 9.25. The van der Waals surface area contributed by atoms with Crippen molar-refractivity contribution in [3.63, 3.8) is 0 Å². The fourth-order valence-electron chi connectivity index (χ4n) is 0.228. The molecule has 0 aliphatic carbocycles. The van der Waals surface area contributed by atoms with Crippen molar-refractivity contribution in [3.05, 3.63) is 0 Å². The molecule has 0 unspecified atom stereocenters. The van der Waals surface area contributed by atoms with E-state index in [4.69, 9.17) is 34.8 Å². The van der Waals surface area contributed by atoms with E-state index in [9.17, 15) is 4.79 Å². The van der Waals surface area contributed by atoms with Gasteiger partial charge in [-0.25, -0.2) is 9.79 Å². The van der Waals surface area contributed by atoms with Crippen molar-refractivity contribution in [3.8, 4) is 0 Å². The van der Waals surface area contributed by atoms with Crippen LogP contribution >= 0.6 is 34.8 Å². The molecule has 0 aliphatic heterocycles. The second-order valence-corrected chi connectivity index (χ2v) is 3.85. The molecule has 0 N–H and O–H groups in total. The van der Waals surface area contributed by atoms with Crippen LogP contribution in [0.4, 0.5) is 0 Å². The van der Waals surface area contributed by atoms with Crippen LogP contribution in [0.2, 0.25) is 0 Å². The van der Waals surface area contributed by atoms with Gasteiger partial charge in [-0.1, -0.05) is 34.8 Å². The number of rotatable bonds is 2. The van der Waals surface area contributed by atoms with E-state index in [-0.39, 0.29) is 13.0 Å². The largest absolute Gasteiger partial charge is 0.234 e. The second kappa shape index (κ2) is 4.13. The molecule has 0 aromatic rings. The second-order valence-electron chi connectivity index (χ2n) is 1.34. The van der Waals surface area contributed by atoms with E-state index in [1.54, 1.807) is 0 Å². The highest BCUT2D eigenvalue weighted by Crippen LogP contribution is 2.29. The Bertz CT molecular complexity index is 124. The fourth-order valence-corrected chi connectivity index (χ4v) is 0.482. The Morgan fingerprint density at radius 3 is 2.33 bits per heavy atom. The lowest BCUT2D eigenvalue weighted by atomic mass is 10.5. The van der Waals surface area contributed by atoms with Crippen molar-refractivity contribution in [2.24, 2.45) is 4.99 Å². The van der Waals surface area contributed by atoms with Crippen LogP contribution in [0, 0.1) is 0 Å². The number of alkyl halides is 3. The molecule has 0 spiro atoms. The van der Waals surface area contributed by atoms with Gasteiger partial charge in [-0.15, -0.1) is 0 Å². The van der Waals surface area contributed by atoms with E-state index in [1.807, 2.05) is 0 Å². The zero-order valence-electron chi connectivity index (χ0n) is 4.40. The Balaban J connectivity index is 3.39. The summed E-state index contributed by atoms with van der Waals surface area (Å²) in [6, 6.07) is 0. The van der Waals surface area contributed by atoms with Gasteiger partial charge in [0.2, 0.25) is 6.08 Å². The summed E-state index contributed by atoms with van der Waals surface area (Å²) in [4.78, 5) is 12.7. The molecule has 0 aliphatic rings. The number of isocyanates is 1. The molecule has 0 aromatic carbocycles. The standard InChI is InChI=1S/C4H4Cl3NO/c5-4(6,7)1-2-8-3-9/h1-2H2. The third-order valence-corrected chi connectivity index (χ3v) is 1.14. The first-order valence-electron chi connectivity index (χ1n) is 2.16. The molecular formula is C4H4Cl3NO. The minimum atomic E-state index is -1.31. The highest BCUT2D eigenvalue weighted by atomic mass is 35.6. The number of nitrogens with zero attached hydrogens (tertiary/aromatic N) is 1. The summed E-state index contributed by atoms with van der Waals surface area (Å²) < 4.78 is -1.31. The summed E-state index contributed by atoms with van der Waals surface area (Å²) in [5, 5.41) is 0. The molecule has 9 heavy (non-hydrogen) atoms. The van der Waals surface area contributed by atoms with E-state index in [0.717, 1.165) is 0 Å². The van der Waals surface area contributed by atoms with Gasteiger partial charge in [0.15, 0.2) is 3.79 Å². The Hall–Kier alpha value is 0.250. The van der Waals surface area contributed by atoms with Crippen molar-refractivity contribution < 1.29 is 4.79 Å². The Labute approximate surface area is 67.8 Å². The summed E-state index contributed by atoms with van der Waals surface area (Å²) in [6.07, 6.45) is 1.58. The average Bonchev–Trinajstić information content (AvgIpc) is 1.63. The van der Waals surface area contributed by atoms with Crippen LogP contribution in [-0.4, -0.2) is 16.4 Å². The summed E-state index contributed by atoms with van der Waals surface area (Å²) in [5.74, 6) is 0. The molecule has 0 radical (unpaired) electrons. The number of halogens is 3. The first-order chi connectivity index (χ1) is 4.06. The molecular weight excluding hydrogens is 184 g/mol. The SMILES string of the molecule is O=C=NCCC(Cl)(Cl)Cl. The van der Waals surface area contributed by atoms with Crippen LogP contribution in [0.1, 0.15) is 6.42 Å². The van der Waals surface area contributed by atoms with Crippen LogP contribution in [0.15, 0.2) is 4.99 Å². The maximum absolute atomic E-state index is 9.47. The van der Waals surface area contributed by atoms with Gasteiger partial charge < -0.3 is 0 Å². The topological polar surface area (TPSA) is 29.4 Å². The maximum Gasteiger partial charge on any atom is 0.234 e. The first-order valence-corrected chi connectivity index (χ1v) is 3.30. The van der Waals surface area contributed by atoms with Gasteiger partial charge in [-0.2, -0.15) is 0 Å². The number of aliphatic imine (C=N–C) groups is 1. The number of hydrogen-bond acceptors (Lipinski definition) is 2. The zero-order chi connectivity index (χ0) is 7.33. The lowest BCUT2D eigenvalue weighted by Gasteiger charge is -2.05. The average molecular weight is 188 g/mol. The molecule has 0 saturated heterocycles. The van der Waals surface area contributed by atoms with Crippen LogP contribution in [-0.2, 0) is 4.79 Å². The Kier molecular flexibility index (Phi) is 4.24. The molecule has 0 fully saturated rings. The lowest BCUT2D eigenvalue weighted by molar-refractivity contribution is 0.562. The van der Waals surface area contributed by atoms with E-state index < -0.39 is 3.79 Å². The highest BCUT2D eigenvalue weighted by molar-refractivity contribution is 6.67. The molecule has 2 nitrogen and oxygen atoms in total. The van der Waals surface area contributed by atoms with Crippen molar-refractivity contribution in [2.75, 3.05) is 6.54 Å². The smallest absolute Gasteiger partial charge is 0.211 e. The Morgan fingerprint density at radius 1 is 1.44 bits per heavy atom. The van der Waals surface area contributed by atoms with E-state index in [0.29, 0.717) is 0 Å². The highest BCUT2D eigenvalue weighted by Gasteiger charge is 2.17. The van der Waals surface area contributed by atoms with Crippen LogP contribution in [0.25, 0.3) is 0 Å². The minimum Gasteiger partial charge on any atom is -0.211 e. The molecule has 0 heterocycles. The van der Waals surface area contributed by atoms with Gasteiger partial charge in [0.25, 0.3) is 0 Å². The monoisotopic (exact) mass is 187 g/mol. The Morgan fingerprint density at radius 2 is 2.00 bits per heavy atom. The predicted octanol–water partition coefficient (Wildman–Crippen LogP) is 2.08. The molecule has 0 atom stereocenters. The quantitative estimate of drug-likeness (QED) is 0.371. The van der Waals surface area contributed by atoms with Crippen molar-refractivity contribution in [2.45, 2.75) is 10.2 Å². The molecule has 0 amide bonds. The molecule has 5 heteroatoms. The fraction of sp³-hybridized carbons (Fsp3) is 0.750. The van der Waals surface area contributed by atoms with Crippen LogP contribution < -0.4 is 0 Å². The van der Waals surface area contributed by atoms with Gasteiger partial charge >= 0.3 is 0 Å². The van der Waals surface area contributed by atoms with Crippen molar-refractivity contribution in [1.82, 2.24) is 0 Å². The van der Waals surface area contributed by atoms with Crippen molar-refractivity contribution >= 4 is 40.9 Å². The van der Waals surface area contributed by atoms with Gasteiger partial charge in [-0.05, 0) is 0 Å². The lowest BCUT2D eigenvalue weighted by Crippen LogP contribution is -2.03. The van der Waals surface area contributed by atoms with Crippen molar-refractivity contribution in [1.29, 1.82) is 0 Å². The zero-order valence-corrected chi connectivity index (χ0v) is 6.67. The van der Waals surface area contributed by atoms with E-state index in [2.05, 4.69) is 4.99 Å². The number of carbonyl (C=O) groups excluding carboxylic acids is 1. The number of hydrogen-bond donors (Lipinski definition) is 0. The van der Waals surface area contributed by atoms with Gasteiger partial charge in [0.05, 0.1) is 6.54 Å². The summed E-state index contributed by atoms with van der Waals surface area (Å²) in [5.41, 5.74) is 0. The molecule has 0 rings (SSSR count). The van der Waals surface area contributed by atoms with Gasteiger partial charge in [0, 0.05) is 6.42 Å². The van der Waals surface area contributed by atoms with Gasteiger partial charge in [0.1, 0.15) is 0 Å². The third-order valence-electron chi connectivity index (χ3n) is 0.572. The summed E-state index contributed by atoms with van der Waals surface area (Å²) in [7, 11) is 0. The summed E-state index contributed by atoms with van der Waals surface area (Å²) in [6.45, 7) is 0.208. The molecule has 0 aromatic heterocycles.